The van der Waals surface area contributed by atoms with Gasteiger partial charge in [-0.1, -0.05) is 6.92 Å². The van der Waals surface area contributed by atoms with Crippen LogP contribution in [-0.4, -0.2) is 55.3 Å². The molecule has 3 nitrogen and oxygen atoms in total. The molecule has 2 N–H and O–H groups in total. The first-order valence-electron chi connectivity index (χ1n) is 5.48. The van der Waals surface area contributed by atoms with Gasteiger partial charge in [0.1, 0.15) is 0 Å². The van der Waals surface area contributed by atoms with Crippen molar-refractivity contribution in [2.45, 2.75) is 19.4 Å². The predicted molar refractivity (Wildman–Crippen MR) is 62.9 cm³/mol. The Labute approximate surface area is 91.4 Å². The van der Waals surface area contributed by atoms with E-state index < -0.39 is 0 Å². The van der Waals surface area contributed by atoms with Crippen molar-refractivity contribution >= 4 is 11.8 Å². The first kappa shape index (κ1) is 12.3. The molecule has 1 rings (SSSR count). The molecule has 14 heavy (non-hydrogen) atoms. The highest BCUT2D eigenvalue weighted by Crippen LogP contribution is 2.07. The van der Waals surface area contributed by atoms with Crippen molar-refractivity contribution in [1.29, 1.82) is 0 Å². The molecule has 0 spiro atoms. The Morgan fingerprint density at radius 1 is 1.57 bits per heavy atom. The molecule has 0 aromatic rings. The molecular formula is C10H22N2OS. The third-order valence-electron chi connectivity index (χ3n) is 2.45. The first-order chi connectivity index (χ1) is 6.86. The molecule has 1 heterocycles. The molecule has 0 saturated carbocycles. The van der Waals surface area contributed by atoms with Crippen LogP contribution in [0.3, 0.4) is 0 Å². The van der Waals surface area contributed by atoms with Crippen molar-refractivity contribution in [1.82, 2.24) is 4.90 Å². The number of hydrogen-bond acceptors (Lipinski definition) is 4. The fourth-order valence-corrected chi connectivity index (χ4v) is 2.28. The Morgan fingerprint density at radius 3 is 3.14 bits per heavy atom. The molecule has 84 valence electrons. The second-order valence-corrected chi connectivity index (χ2v) is 4.97. The van der Waals surface area contributed by atoms with E-state index in [4.69, 9.17) is 10.5 Å². The highest BCUT2D eigenvalue weighted by molar-refractivity contribution is 7.99. The standard InChI is InChI=1S/C10H22N2OS/c1-2-14-7-3-4-12-5-6-13-10(8-11)9-12/h10H,2-9,11H2,1H3. The van der Waals surface area contributed by atoms with Crippen LogP contribution < -0.4 is 5.73 Å². The smallest absolute Gasteiger partial charge is 0.0824 e. The summed E-state index contributed by atoms with van der Waals surface area (Å²) in [6.45, 7) is 7.01. The van der Waals surface area contributed by atoms with Gasteiger partial charge in [-0.05, 0) is 24.5 Å². The highest BCUT2D eigenvalue weighted by atomic mass is 32.2. The van der Waals surface area contributed by atoms with E-state index in [-0.39, 0.29) is 6.10 Å². The van der Waals surface area contributed by atoms with Crippen molar-refractivity contribution in [3.8, 4) is 0 Å². The van der Waals surface area contributed by atoms with Gasteiger partial charge >= 0.3 is 0 Å². The zero-order valence-electron chi connectivity index (χ0n) is 9.08. The molecule has 1 atom stereocenters. The molecule has 0 bridgehead atoms. The van der Waals surface area contributed by atoms with Gasteiger partial charge in [-0.3, -0.25) is 4.90 Å². The Balaban J connectivity index is 2.05. The molecule has 0 aliphatic carbocycles. The van der Waals surface area contributed by atoms with E-state index in [0.29, 0.717) is 6.54 Å². The van der Waals surface area contributed by atoms with E-state index in [9.17, 15) is 0 Å². The first-order valence-corrected chi connectivity index (χ1v) is 6.64. The molecule has 0 aromatic carbocycles. The summed E-state index contributed by atoms with van der Waals surface area (Å²) in [5.41, 5.74) is 5.59. The van der Waals surface area contributed by atoms with Crippen molar-refractivity contribution in [2.75, 3.05) is 44.3 Å². The predicted octanol–water partition coefficient (Wildman–Crippen LogP) is 0.789. The van der Waals surface area contributed by atoms with E-state index in [1.54, 1.807) is 0 Å². The Hall–Kier alpha value is 0.230. The molecule has 0 aromatic heterocycles. The van der Waals surface area contributed by atoms with Gasteiger partial charge in [0.05, 0.1) is 12.7 Å². The van der Waals surface area contributed by atoms with Gasteiger partial charge in [0.25, 0.3) is 0 Å². The van der Waals surface area contributed by atoms with Crippen molar-refractivity contribution < 1.29 is 4.74 Å². The summed E-state index contributed by atoms with van der Waals surface area (Å²) >= 11 is 2.02. The molecule has 1 saturated heterocycles. The minimum Gasteiger partial charge on any atom is -0.374 e. The maximum absolute atomic E-state index is 5.59. The lowest BCUT2D eigenvalue weighted by atomic mass is 10.2. The van der Waals surface area contributed by atoms with Crippen LogP contribution in [0.4, 0.5) is 0 Å². The van der Waals surface area contributed by atoms with Crippen LogP contribution in [0.1, 0.15) is 13.3 Å². The molecule has 1 aliphatic rings. The van der Waals surface area contributed by atoms with E-state index in [0.717, 1.165) is 19.7 Å². The normalized spacial score (nSPS) is 24.0. The van der Waals surface area contributed by atoms with E-state index >= 15 is 0 Å². The Bertz CT molecular complexity index is 146. The largest absolute Gasteiger partial charge is 0.374 e. The number of thioether (sulfide) groups is 1. The summed E-state index contributed by atoms with van der Waals surface area (Å²) in [7, 11) is 0. The maximum atomic E-state index is 5.59. The average Bonchev–Trinajstić information content (AvgIpc) is 2.25. The Morgan fingerprint density at radius 2 is 2.43 bits per heavy atom. The summed E-state index contributed by atoms with van der Waals surface area (Å²) < 4.78 is 5.51. The van der Waals surface area contributed by atoms with Crippen LogP contribution in [0.2, 0.25) is 0 Å². The topological polar surface area (TPSA) is 38.5 Å². The van der Waals surface area contributed by atoms with Gasteiger partial charge in [-0.15, -0.1) is 0 Å². The minimum absolute atomic E-state index is 0.266. The van der Waals surface area contributed by atoms with Gasteiger partial charge in [0.15, 0.2) is 0 Å². The van der Waals surface area contributed by atoms with Crippen LogP contribution in [0.25, 0.3) is 0 Å². The number of nitrogens with zero attached hydrogens (tertiary/aromatic N) is 1. The third-order valence-corrected chi connectivity index (χ3v) is 3.44. The van der Waals surface area contributed by atoms with Gasteiger partial charge in [-0.2, -0.15) is 11.8 Å². The average molecular weight is 218 g/mol. The van der Waals surface area contributed by atoms with Crippen LogP contribution >= 0.6 is 11.8 Å². The van der Waals surface area contributed by atoms with Crippen LogP contribution in [-0.2, 0) is 4.74 Å². The van der Waals surface area contributed by atoms with Gasteiger partial charge in [-0.25, -0.2) is 0 Å². The second-order valence-electron chi connectivity index (χ2n) is 3.58. The number of nitrogens with two attached hydrogens (primary N) is 1. The van der Waals surface area contributed by atoms with Crippen LogP contribution in [0, 0.1) is 0 Å². The molecular weight excluding hydrogens is 196 g/mol. The number of rotatable bonds is 6. The van der Waals surface area contributed by atoms with Crippen LogP contribution in [0.5, 0.6) is 0 Å². The maximum Gasteiger partial charge on any atom is 0.0824 e. The lowest BCUT2D eigenvalue weighted by molar-refractivity contribution is -0.0228. The zero-order valence-corrected chi connectivity index (χ0v) is 9.89. The quantitative estimate of drug-likeness (QED) is 0.669. The lowest BCUT2D eigenvalue weighted by Gasteiger charge is -2.32. The lowest BCUT2D eigenvalue weighted by Crippen LogP contribution is -2.45. The van der Waals surface area contributed by atoms with E-state index in [2.05, 4.69) is 11.8 Å². The molecule has 1 unspecified atom stereocenters. The monoisotopic (exact) mass is 218 g/mol. The van der Waals surface area contributed by atoms with Crippen molar-refractivity contribution in [3.05, 3.63) is 0 Å². The number of morpholine rings is 1. The van der Waals surface area contributed by atoms with Gasteiger partial charge < -0.3 is 10.5 Å². The summed E-state index contributed by atoms with van der Waals surface area (Å²) in [6, 6.07) is 0. The van der Waals surface area contributed by atoms with E-state index in [1.165, 1.54) is 24.5 Å². The Kier molecular flexibility index (Phi) is 6.60. The summed E-state index contributed by atoms with van der Waals surface area (Å²) in [6.07, 6.45) is 1.55. The molecule has 1 fully saturated rings. The third kappa shape index (κ3) is 4.64. The second kappa shape index (κ2) is 7.51. The van der Waals surface area contributed by atoms with E-state index in [1.807, 2.05) is 11.8 Å². The van der Waals surface area contributed by atoms with Crippen molar-refractivity contribution in [3.63, 3.8) is 0 Å². The van der Waals surface area contributed by atoms with Gasteiger partial charge in [0, 0.05) is 19.6 Å². The minimum atomic E-state index is 0.266. The fourth-order valence-electron chi connectivity index (χ4n) is 1.66. The summed E-state index contributed by atoms with van der Waals surface area (Å²) in [5, 5.41) is 0. The van der Waals surface area contributed by atoms with Crippen LogP contribution in [0.15, 0.2) is 0 Å². The molecule has 4 heteroatoms. The molecule has 0 radical (unpaired) electrons. The number of hydrogen-bond donors (Lipinski definition) is 1. The summed E-state index contributed by atoms with van der Waals surface area (Å²) in [5.74, 6) is 2.51. The zero-order chi connectivity index (χ0) is 10.2. The van der Waals surface area contributed by atoms with Crippen molar-refractivity contribution in [2.24, 2.45) is 5.73 Å². The summed E-state index contributed by atoms with van der Waals surface area (Å²) in [4.78, 5) is 2.47. The highest BCUT2D eigenvalue weighted by Gasteiger charge is 2.18. The molecule has 1 aliphatic heterocycles. The fraction of sp³-hybridized carbons (Fsp3) is 1.00. The number of ether oxygens (including phenoxy) is 1. The SMILES string of the molecule is CCSCCCN1CCOC(CN)C1. The van der Waals surface area contributed by atoms with Gasteiger partial charge in [0.2, 0.25) is 0 Å². The molecule has 0 amide bonds.